The number of sulfonamides is 1. The van der Waals surface area contributed by atoms with Gasteiger partial charge in [-0.1, -0.05) is 58.9 Å². The number of methoxy groups -OCH3 is 2. The van der Waals surface area contributed by atoms with E-state index in [1.165, 1.54) is 49.5 Å². The maximum absolute atomic E-state index is 14.2. The zero-order chi connectivity index (χ0) is 31.9. The predicted octanol–water partition coefficient (Wildman–Crippen LogP) is 6.18. The third-order valence-electron chi connectivity index (χ3n) is 7.70. The molecule has 0 heterocycles. The summed E-state index contributed by atoms with van der Waals surface area (Å²) in [5, 5.41) is 3.52. The number of carbonyl (C=O) groups is 2. The first kappa shape index (κ1) is 33.6. The van der Waals surface area contributed by atoms with Crippen LogP contribution in [0.25, 0.3) is 0 Å². The van der Waals surface area contributed by atoms with Gasteiger partial charge in [0.2, 0.25) is 11.8 Å². The average molecular weight is 707 g/mol. The molecule has 0 aliphatic heterocycles. The van der Waals surface area contributed by atoms with E-state index < -0.39 is 28.5 Å². The van der Waals surface area contributed by atoms with Crippen LogP contribution in [0.5, 0.6) is 11.5 Å². The van der Waals surface area contributed by atoms with Crippen LogP contribution < -0.4 is 19.1 Å². The summed E-state index contributed by atoms with van der Waals surface area (Å²) in [4.78, 5) is 29.0. The van der Waals surface area contributed by atoms with Crippen molar-refractivity contribution < 1.29 is 27.5 Å². The standard InChI is InChI=1S/C32H37BrClN3O6S/c1-22(32(39)35-26-10-5-4-6-11-26)36(20-23-8-7-9-24(33)18-23)31(38)21-37(27-14-12-25(34)13-15-27)44(40,41)28-16-17-29(42-2)30(19-28)43-3/h7-9,12-19,22,26H,4-6,10-11,20-21H2,1-3H3,(H,35,39). The Kier molecular flexibility index (Phi) is 11.6. The summed E-state index contributed by atoms with van der Waals surface area (Å²) in [5.74, 6) is -0.241. The first-order chi connectivity index (χ1) is 21.0. The Bertz CT molecular complexity index is 1560. The van der Waals surface area contributed by atoms with Gasteiger partial charge in [0, 0.05) is 28.1 Å². The molecule has 0 bridgehead atoms. The molecule has 1 aliphatic rings. The molecular formula is C32H37BrClN3O6S. The van der Waals surface area contributed by atoms with E-state index in [0.717, 1.165) is 46.4 Å². The number of carbonyl (C=O) groups excluding carboxylic acids is 2. The van der Waals surface area contributed by atoms with E-state index in [4.69, 9.17) is 21.1 Å². The minimum Gasteiger partial charge on any atom is -0.493 e. The zero-order valence-electron chi connectivity index (χ0n) is 25.0. The Morgan fingerprint density at radius 2 is 1.66 bits per heavy atom. The minimum atomic E-state index is -4.30. The van der Waals surface area contributed by atoms with E-state index >= 15 is 0 Å². The molecule has 0 radical (unpaired) electrons. The molecule has 1 unspecified atom stereocenters. The lowest BCUT2D eigenvalue weighted by Crippen LogP contribution is -2.53. The third-order valence-corrected chi connectivity index (χ3v) is 10.2. The summed E-state index contributed by atoms with van der Waals surface area (Å²) in [6, 6.07) is 17.0. The number of nitrogens with zero attached hydrogens (tertiary/aromatic N) is 2. The van der Waals surface area contributed by atoms with Crippen LogP contribution in [-0.4, -0.2) is 58.0 Å². The van der Waals surface area contributed by atoms with Gasteiger partial charge >= 0.3 is 0 Å². The Morgan fingerprint density at radius 1 is 0.977 bits per heavy atom. The second-order valence-electron chi connectivity index (χ2n) is 10.7. The molecule has 3 aromatic carbocycles. The summed E-state index contributed by atoms with van der Waals surface area (Å²) in [6.45, 7) is 1.21. The number of amides is 2. The summed E-state index contributed by atoms with van der Waals surface area (Å²) in [6.07, 6.45) is 5.02. The van der Waals surface area contributed by atoms with Crippen LogP contribution in [-0.2, 0) is 26.2 Å². The molecule has 44 heavy (non-hydrogen) atoms. The summed E-state index contributed by atoms with van der Waals surface area (Å²) < 4.78 is 40.8. The molecule has 2 amide bonds. The zero-order valence-corrected chi connectivity index (χ0v) is 28.1. The van der Waals surface area contributed by atoms with Gasteiger partial charge in [0.1, 0.15) is 12.6 Å². The molecule has 1 atom stereocenters. The van der Waals surface area contributed by atoms with Crippen molar-refractivity contribution in [2.75, 3.05) is 25.1 Å². The minimum absolute atomic E-state index is 0.0533. The van der Waals surface area contributed by atoms with Gasteiger partial charge in [-0.15, -0.1) is 0 Å². The molecule has 1 N–H and O–H groups in total. The molecule has 0 spiro atoms. The number of hydrogen-bond donors (Lipinski definition) is 1. The molecule has 1 aliphatic carbocycles. The van der Waals surface area contributed by atoms with E-state index in [2.05, 4.69) is 21.2 Å². The number of rotatable bonds is 12. The first-order valence-corrected chi connectivity index (χ1v) is 17.0. The summed E-state index contributed by atoms with van der Waals surface area (Å²) >= 11 is 9.59. The monoisotopic (exact) mass is 705 g/mol. The number of halogens is 2. The Balaban J connectivity index is 1.70. The number of benzene rings is 3. The fourth-order valence-corrected chi connectivity index (χ4v) is 7.23. The molecule has 0 aromatic heterocycles. The highest BCUT2D eigenvalue weighted by Gasteiger charge is 2.33. The highest BCUT2D eigenvalue weighted by molar-refractivity contribution is 9.10. The van der Waals surface area contributed by atoms with Gasteiger partial charge in [-0.25, -0.2) is 8.42 Å². The molecule has 0 saturated heterocycles. The smallest absolute Gasteiger partial charge is 0.264 e. The maximum Gasteiger partial charge on any atom is 0.264 e. The average Bonchev–Trinajstić information content (AvgIpc) is 3.02. The van der Waals surface area contributed by atoms with Gasteiger partial charge in [0.25, 0.3) is 10.0 Å². The normalized spacial score (nSPS) is 14.4. The molecule has 12 heteroatoms. The van der Waals surface area contributed by atoms with E-state index in [9.17, 15) is 18.0 Å². The maximum atomic E-state index is 14.2. The van der Waals surface area contributed by atoms with Crippen LogP contribution >= 0.6 is 27.5 Å². The number of ether oxygens (including phenoxy) is 2. The number of hydrogen-bond acceptors (Lipinski definition) is 6. The second kappa shape index (κ2) is 15.1. The molecule has 9 nitrogen and oxygen atoms in total. The Morgan fingerprint density at radius 3 is 2.30 bits per heavy atom. The first-order valence-electron chi connectivity index (χ1n) is 14.4. The predicted molar refractivity (Wildman–Crippen MR) is 175 cm³/mol. The lowest BCUT2D eigenvalue weighted by Gasteiger charge is -2.33. The van der Waals surface area contributed by atoms with E-state index in [1.54, 1.807) is 19.1 Å². The van der Waals surface area contributed by atoms with Gasteiger partial charge in [-0.05, 0) is 73.9 Å². The van der Waals surface area contributed by atoms with Crippen LogP contribution in [0, 0.1) is 0 Å². The third kappa shape index (κ3) is 8.25. The van der Waals surface area contributed by atoms with Gasteiger partial charge < -0.3 is 19.7 Å². The number of anilines is 1. The topological polar surface area (TPSA) is 105 Å². The van der Waals surface area contributed by atoms with Crippen molar-refractivity contribution in [1.82, 2.24) is 10.2 Å². The highest BCUT2D eigenvalue weighted by Crippen LogP contribution is 2.33. The second-order valence-corrected chi connectivity index (χ2v) is 13.9. The lowest BCUT2D eigenvalue weighted by atomic mass is 9.95. The highest BCUT2D eigenvalue weighted by atomic mass is 79.9. The molecule has 236 valence electrons. The van der Waals surface area contributed by atoms with Gasteiger partial charge in [0.15, 0.2) is 11.5 Å². The van der Waals surface area contributed by atoms with Gasteiger partial charge in [-0.3, -0.25) is 13.9 Å². The SMILES string of the molecule is COc1ccc(S(=O)(=O)N(CC(=O)N(Cc2cccc(Br)c2)C(C)C(=O)NC2CCCCC2)c2ccc(Cl)cc2)cc1OC. The largest absolute Gasteiger partial charge is 0.493 e. The van der Waals surface area contributed by atoms with Crippen LogP contribution in [0.1, 0.15) is 44.6 Å². The van der Waals surface area contributed by atoms with Crippen LogP contribution in [0.15, 0.2) is 76.1 Å². The van der Waals surface area contributed by atoms with Crippen LogP contribution in [0.3, 0.4) is 0 Å². The Hall–Kier alpha value is -3.28. The molecular weight excluding hydrogens is 670 g/mol. The van der Waals surface area contributed by atoms with Crippen molar-refractivity contribution in [2.45, 2.75) is 62.6 Å². The number of nitrogens with one attached hydrogen (secondary N) is 1. The fourth-order valence-electron chi connectivity index (χ4n) is 5.22. The van der Waals surface area contributed by atoms with Crippen molar-refractivity contribution in [2.24, 2.45) is 0 Å². The van der Waals surface area contributed by atoms with E-state index in [1.807, 2.05) is 24.3 Å². The molecule has 4 rings (SSSR count). The van der Waals surface area contributed by atoms with Crippen LogP contribution in [0.4, 0.5) is 5.69 Å². The summed E-state index contributed by atoms with van der Waals surface area (Å²) in [7, 11) is -1.44. The molecule has 1 saturated carbocycles. The molecule has 1 fully saturated rings. The summed E-state index contributed by atoms with van der Waals surface area (Å²) in [5.41, 5.74) is 1.02. The van der Waals surface area contributed by atoms with Gasteiger partial charge in [0.05, 0.1) is 24.8 Å². The van der Waals surface area contributed by atoms with Crippen molar-refractivity contribution >= 4 is 55.1 Å². The van der Waals surface area contributed by atoms with Gasteiger partial charge in [-0.2, -0.15) is 0 Å². The van der Waals surface area contributed by atoms with Crippen molar-refractivity contribution in [3.63, 3.8) is 0 Å². The van der Waals surface area contributed by atoms with Crippen molar-refractivity contribution in [1.29, 1.82) is 0 Å². The molecule has 3 aromatic rings. The van der Waals surface area contributed by atoms with E-state index in [0.29, 0.717) is 10.8 Å². The van der Waals surface area contributed by atoms with Crippen molar-refractivity contribution in [3.05, 3.63) is 81.8 Å². The Labute approximate surface area is 272 Å². The van der Waals surface area contributed by atoms with Crippen molar-refractivity contribution in [3.8, 4) is 11.5 Å². The quantitative estimate of drug-likeness (QED) is 0.241. The van der Waals surface area contributed by atoms with E-state index in [-0.39, 0.29) is 34.8 Å². The van der Waals surface area contributed by atoms with Crippen LogP contribution in [0.2, 0.25) is 5.02 Å². The fraction of sp³-hybridized carbons (Fsp3) is 0.375. The lowest BCUT2D eigenvalue weighted by molar-refractivity contribution is -0.139.